The summed E-state index contributed by atoms with van der Waals surface area (Å²) < 4.78 is 4.69. The van der Waals surface area contributed by atoms with Crippen LogP contribution in [-0.2, 0) is 4.74 Å². The smallest absolute Gasteiger partial charge is 0.427 e. The molecule has 2 aromatic rings. The van der Waals surface area contributed by atoms with Gasteiger partial charge in [-0.1, -0.05) is 54.6 Å². The highest BCUT2D eigenvalue weighted by Gasteiger charge is 1.97. The fourth-order valence-corrected chi connectivity index (χ4v) is 1.72. The topological polar surface area (TPSA) is 50.7 Å². The zero-order chi connectivity index (χ0) is 14.2. The Labute approximate surface area is 118 Å². The summed E-state index contributed by atoms with van der Waals surface area (Å²) in [6, 6.07) is 18.0. The van der Waals surface area contributed by atoms with E-state index < -0.39 is 6.09 Å². The Hall–Kier alpha value is -2.62. The number of nitrogens with zero attached hydrogens (tertiary/aromatic N) is 1. The van der Waals surface area contributed by atoms with E-state index in [1.54, 1.807) is 13.1 Å². The highest BCUT2D eigenvalue weighted by molar-refractivity contribution is 5.82. The zero-order valence-electron chi connectivity index (χ0n) is 11.2. The Morgan fingerprint density at radius 1 is 1.10 bits per heavy atom. The average Bonchev–Trinajstić information content (AvgIpc) is 2.49. The lowest BCUT2D eigenvalue weighted by atomic mass is 10.0. The van der Waals surface area contributed by atoms with E-state index in [1.165, 1.54) is 5.56 Å². The third-order valence-electron chi connectivity index (χ3n) is 2.66. The van der Waals surface area contributed by atoms with Crippen LogP contribution in [0.4, 0.5) is 4.79 Å². The number of hydrazone groups is 1. The van der Waals surface area contributed by atoms with E-state index in [4.69, 9.17) is 4.74 Å². The first-order chi connectivity index (χ1) is 9.79. The SMILES string of the molecule is CCOC(=O)N/N=C\c1ccc(-c2ccccc2)cc1. The van der Waals surface area contributed by atoms with Crippen molar-refractivity contribution in [2.75, 3.05) is 6.61 Å². The molecule has 1 amide bonds. The fraction of sp³-hybridized carbons (Fsp3) is 0.125. The van der Waals surface area contributed by atoms with E-state index in [-0.39, 0.29) is 0 Å². The Balaban J connectivity index is 1.98. The van der Waals surface area contributed by atoms with Gasteiger partial charge >= 0.3 is 6.09 Å². The monoisotopic (exact) mass is 268 g/mol. The number of hydrogen-bond acceptors (Lipinski definition) is 3. The molecule has 1 N–H and O–H groups in total. The standard InChI is InChI=1S/C16H16N2O2/c1-2-20-16(19)18-17-12-13-8-10-15(11-9-13)14-6-4-3-5-7-14/h3-12H,2H2,1H3,(H,18,19)/b17-12-. The van der Waals surface area contributed by atoms with Gasteiger partial charge in [0.15, 0.2) is 0 Å². The fourth-order valence-electron chi connectivity index (χ4n) is 1.72. The van der Waals surface area contributed by atoms with Gasteiger partial charge in [0.2, 0.25) is 0 Å². The maximum absolute atomic E-state index is 11.0. The summed E-state index contributed by atoms with van der Waals surface area (Å²) in [7, 11) is 0. The van der Waals surface area contributed by atoms with Crippen molar-refractivity contribution in [2.45, 2.75) is 6.92 Å². The number of nitrogens with one attached hydrogen (secondary N) is 1. The van der Waals surface area contributed by atoms with Crippen molar-refractivity contribution >= 4 is 12.3 Å². The number of ether oxygens (including phenoxy) is 1. The number of carbonyl (C=O) groups excluding carboxylic acids is 1. The van der Waals surface area contributed by atoms with E-state index in [2.05, 4.69) is 22.7 Å². The highest BCUT2D eigenvalue weighted by atomic mass is 16.5. The summed E-state index contributed by atoms with van der Waals surface area (Å²) >= 11 is 0. The van der Waals surface area contributed by atoms with Crippen LogP contribution in [-0.4, -0.2) is 18.9 Å². The van der Waals surface area contributed by atoms with Gasteiger partial charge in [-0.25, -0.2) is 10.2 Å². The minimum Gasteiger partial charge on any atom is -0.449 e. The third kappa shape index (κ3) is 3.95. The normalized spacial score (nSPS) is 10.4. The second kappa shape index (κ2) is 7.09. The zero-order valence-corrected chi connectivity index (χ0v) is 11.2. The molecule has 0 heterocycles. The number of amides is 1. The lowest BCUT2D eigenvalue weighted by Crippen LogP contribution is -2.18. The molecule has 102 valence electrons. The summed E-state index contributed by atoms with van der Waals surface area (Å²) in [6.45, 7) is 2.07. The molecule has 0 radical (unpaired) electrons. The molecular formula is C16H16N2O2. The second-order valence-electron chi connectivity index (χ2n) is 4.08. The van der Waals surface area contributed by atoms with Crippen LogP contribution in [0.2, 0.25) is 0 Å². The Kier molecular flexibility index (Phi) is 4.89. The van der Waals surface area contributed by atoms with Crippen molar-refractivity contribution < 1.29 is 9.53 Å². The van der Waals surface area contributed by atoms with Gasteiger partial charge in [-0.2, -0.15) is 5.10 Å². The predicted molar refractivity (Wildman–Crippen MR) is 79.6 cm³/mol. The van der Waals surface area contributed by atoms with Gasteiger partial charge in [0, 0.05) is 0 Å². The van der Waals surface area contributed by atoms with E-state index in [0.29, 0.717) is 6.61 Å². The van der Waals surface area contributed by atoms with Crippen LogP contribution in [0.3, 0.4) is 0 Å². The molecule has 4 heteroatoms. The Morgan fingerprint density at radius 2 is 1.75 bits per heavy atom. The van der Waals surface area contributed by atoms with Crippen LogP contribution in [0.5, 0.6) is 0 Å². The molecule has 4 nitrogen and oxygen atoms in total. The summed E-state index contributed by atoms with van der Waals surface area (Å²) in [5.41, 5.74) is 5.50. The number of rotatable bonds is 4. The molecule has 0 aliphatic rings. The summed E-state index contributed by atoms with van der Waals surface area (Å²) in [5, 5.41) is 3.81. The van der Waals surface area contributed by atoms with Gasteiger partial charge in [0.05, 0.1) is 12.8 Å². The summed E-state index contributed by atoms with van der Waals surface area (Å²) in [6.07, 6.45) is 1.02. The van der Waals surface area contributed by atoms with Crippen LogP contribution in [0, 0.1) is 0 Å². The van der Waals surface area contributed by atoms with Crippen molar-refractivity contribution in [1.29, 1.82) is 0 Å². The van der Waals surface area contributed by atoms with Gasteiger partial charge in [-0.15, -0.1) is 0 Å². The highest BCUT2D eigenvalue weighted by Crippen LogP contribution is 2.18. The number of carbonyl (C=O) groups is 1. The van der Waals surface area contributed by atoms with E-state index in [1.807, 2.05) is 42.5 Å². The van der Waals surface area contributed by atoms with Gasteiger partial charge in [0.25, 0.3) is 0 Å². The lowest BCUT2D eigenvalue weighted by Gasteiger charge is -2.02. The number of benzene rings is 2. The molecular weight excluding hydrogens is 252 g/mol. The molecule has 0 aliphatic heterocycles. The molecule has 0 atom stereocenters. The second-order valence-corrected chi connectivity index (χ2v) is 4.08. The van der Waals surface area contributed by atoms with Gasteiger partial charge in [-0.05, 0) is 23.6 Å². The van der Waals surface area contributed by atoms with Crippen molar-refractivity contribution in [3.05, 3.63) is 60.2 Å². The first-order valence-electron chi connectivity index (χ1n) is 6.41. The van der Waals surface area contributed by atoms with Crippen molar-refractivity contribution in [3.63, 3.8) is 0 Å². The first-order valence-corrected chi connectivity index (χ1v) is 6.41. The maximum atomic E-state index is 11.0. The third-order valence-corrected chi connectivity index (χ3v) is 2.66. The largest absolute Gasteiger partial charge is 0.449 e. The minimum absolute atomic E-state index is 0.327. The quantitative estimate of drug-likeness (QED) is 0.682. The predicted octanol–water partition coefficient (Wildman–Crippen LogP) is 3.43. The Morgan fingerprint density at radius 3 is 2.40 bits per heavy atom. The van der Waals surface area contributed by atoms with Gasteiger partial charge in [0.1, 0.15) is 0 Å². The van der Waals surface area contributed by atoms with Gasteiger partial charge in [-0.3, -0.25) is 0 Å². The summed E-state index contributed by atoms with van der Waals surface area (Å²) in [5.74, 6) is 0. The van der Waals surface area contributed by atoms with Crippen LogP contribution >= 0.6 is 0 Å². The number of hydrogen-bond donors (Lipinski definition) is 1. The molecule has 2 rings (SSSR count). The minimum atomic E-state index is -0.551. The molecule has 0 saturated heterocycles. The van der Waals surface area contributed by atoms with Crippen LogP contribution < -0.4 is 5.43 Å². The van der Waals surface area contributed by atoms with Crippen LogP contribution in [0.1, 0.15) is 12.5 Å². The molecule has 0 fully saturated rings. The molecule has 0 saturated carbocycles. The average molecular weight is 268 g/mol. The van der Waals surface area contributed by atoms with E-state index in [0.717, 1.165) is 11.1 Å². The molecule has 0 spiro atoms. The molecule has 2 aromatic carbocycles. The maximum Gasteiger partial charge on any atom is 0.427 e. The molecule has 0 aromatic heterocycles. The Bertz CT molecular complexity index is 577. The van der Waals surface area contributed by atoms with E-state index >= 15 is 0 Å². The van der Waals surface area contributed by atoms with Crippen LogP contribution in [0.15, 0.2) is 59.7 Å². The molecule has 0 bridgehead atoms. The molecule has 0 unspecified atom stereocenters. The van der Waals surface area contributed by atoms with Crippen molar-refractivity contribution in [1.82, 2.24) is 5.43 Å². The summed E-state index contributed by atoms with van der Waals surface area (Å²) in [4.78, 5) is 11.0. The molecule has 20 heavy (non-hydrogen) atoms. The van der Waals surface area contributed by atoms with Crippen molar-refractivity contribution in [2.24, 2.45) is 5.10 Å². The lowest BCUT2D eigenvalue weighted by molar-refractivity contribution is 0.152. The molecule has 0 aliphatic carbocycles. The van der Waals surface area contributed by atoms with Gasteiger partial charge < -0.3 is 4.74 Å². The van der Waals surface area contributed by atoms with E-state index in [9.17, 15) is 4.79 Å². The van der Waals surface area contributed by atoms with Crippen LogP contribution in [0.25, 0.3) is 11.1 Å². The first kappa shape index (κ1) is 13.8. The van der Waals surface area contributed by atoms with Crippen molar-refractivity contribution in [3.8, 4) is 11.1 Å².